The smallest absolute Gasteiger partial charge is 0.131 e. The van der Waals surface area contributed by atoms with Gasteiger partial charge in [-0.1, -0.05) is 6.92 Å². The van der Waals surface area contributed by atoms with Gasteiger partial charge in [0.1, 0.15) is 23.2 Å². The zero-order valence-electron chi connectivity index (χ0n) is 12.2. The first-order valence-corrected chi connectivity index (χ1v) is 7.10. The molecule has 0 amide bonds. The molecular formula is C16H20FN3. The lowest BCUT2D eigenvalue weighted by molar-refractivity contribution is 0.346. The fourth-order valence-electron chi connectivity index (χ4n) is 3.30. The monoisotopic (exact) mass is 273 g/mol. The van der Waals surface area contributed by atoms with Crippen molar-refractivity contribution in [3.05, 3.63) is 35.4 Å². The summed E-state index contributed by atoms with van der Waals surface area (Å²) >= 11 is 0. The molecule has 0 spiro atoms. The Kier molecular flexibility index (Phi) is 3.04. The minimum atomic E-state index is -0.226. The molecule has 2 unspecified atom stereocenters. The number of fused-ring (bicyclic) bond motifs is 1. The minimum Gasteiger partial charge on any atom is -0.383 e. The number of nitrogens with two attached hydrogens (primary N) is 1. The average Bonchev–Trinajstić information content (AvgIpc) is 2.66. The molecule has 3 rings (SSSR count). The van der Waals surface area contributed by atoms with Gasteiger partial charge in [0, 0.05) is 18.0 Å². The van der Waals surface area contributed by atoms with Crippen molar-refractivity contribution in [3.63, 3.8) is 0 Å². The number of halogens is 1. The summed E-state index contributed by atoms with van der Waals surface area (Å²) in [6.07, 6.45) is 2.07. The second-order valence-corrected chi connectivity index (χ2v) is 5.99. The van der Waals surface area contributed by atoms with Crippen molar-refractivity contribution < 1.29 is 4.39 Å². The molecule has 0 radical (unpaired) electrons. The van der Waals surface area contributed by atoms with E-state index in [1.807, 2.05) is 6.92 Å². The molecular weight excluding hydrogens is 253 g/mol. The molecule has 1 aromatic carbocycles. The highest BCUT2D eigenvalue weighted by Crippen LogP contribution is 2.37. The van der Waals surface area contributed by atoms with E-state index in [9.17, 15) is 4.39 Å². The number of aryl methyl sites for hydroxylation is 1. The number of anilines is 1. The van der Waals surface area contributed by atoms with Crippen molar-refractivity contribution in [2.24, 2.45) is 5.92 Å². The van der Waals surface area contributed by atoms with Crippen LogP contribution in [0.3, 0.4) is 0 Å². The third-order valence-electron chi connectivity index (χ3n) is 4.18. The summed E-state index contributed by atoms with van der Waals surface area (Å²) in [5, 5.41) is 0. The van der Waals surface area contributed by atoms with E-state index in [0.29, 0.717) is 17.8 Å². The van der Waals surface area contributed by atoms with Crippen molar-refractivity contribution in [2.45, 2.75) is 39.7 Å². The number of imidazole rings is 1. The molecule has 1 aliphatic heterocycles. The van der Waals surface area contributed by atoms with Crippen LogP contribution in [0.5, 0.6) is 0 Å². The number of hydrogen-bond acceptors (Lipinski definition) is 2. The summed E-state index contributed by atoms with van der Waals surface area (Å²) in [6.45, 7) is 6.31. The highest BCUT2D eigenvalue weighted by Gasteiger charge is 2.27. The zero-order chi connectivity index (χ0) is 14.4. The number of aromatic nitrogens is 2. The number of rotatable bonds is 1. The summed E-state index contributed by atoms with van der Waals surface area (Å²) < 4.78 is 15.4. The van der Waals surface area contributed by atoms with Crippen LogP contribution in [-0.4, -0.2) is 9.55 Å². The van der Waals surface area contributed by atoms with Crippen LogP contribution >= 0.6 is 0 Å². The Hall–Kier alpha value is -1.84. The second-order valence-electron chi connectivity index (χ2n) is 5.99. The van der Waals surface area contributed by atoms with E-state index in [2.05, 4.69) is 18.4 Å². The van der Waals surface area contributed by atoms with Crippen LogP contribution < -0.4 is 5.73 Å². The maximum Gasteiger partial charge on any atom is 0.131 e. The van der Waals surface area contributed by atoms with E-state index in [1.54, 1.807) is 6.07 Å². The van der Waals surface area contributed by atoms with Crippen molar-refractivity contribution in [2.75, 3.05) is 5.73 Å². The fourth-order valence-corrected chi connectivity index (χ4v) is 3.30. The van der Waals surface area contributed by atoms with Crippen LogP contribution in [0.4, 0.5) is 10.2 Å². The lowest BCUT2D eigenvalue weighted by Gasteiger charge is -2.27. The van der Waals surface area contributed by atoms with Crippen molar-refractivity contribution in [1.29, 1.82) is 0 Å². The minimum absolute atomic E-state index is 0.226. The van der Waals surface area contributed by atoms with E-state index in [4.69, 9.17) is 10.7 Å². The quantitative estimate of drug-likeness (QED) is 0.860. The molecule has 0 bridgehead atoms. The Balaban J connectivity index is 2.14. The Morgan fingerprint density at radius 1 is 1.35 bits per heavy atom. The van der Waals surface area contributed by atoms with Crippen LogP contribution in [0.25, 0.3) is 11.3 Å². The van der Waals surface area contributed by atoms with Crippen LogP contribution in [0, 0.1) is 18.7 Å². The van der Waals surface area contributed by atoms with Gasteiger partial charge in [0.25, 0.3) is 0 Å². The molecule has 3 nitrogen and oxygen atoms in total. The van der Waals surface area contributed by atoms with Crippen LogP contribution in [0.15, 0.2) is 18.2 Å². The van der Waals surface area contributed by atoms with Gasteiger partial charge in [-0.25, -0.2) is 9.37 Å². The number of nitrogens with zero attached hydrogens (tertiary/aromatic N) is 2. The third-order valence-corrected chi connectivity index (χ3v) is 4.18. The third kappa shape index (κ3) is 1.99. The molecule has 2 N–H and O–H groups in total. The van der Waals surface area contributed by atoms with E-state index in [-0.39, 0.29) is 5.82 Å². The SMILES string of the molecule is Cc1cc(F)ccc1-c1nc2n(c1N)C(C)CC(C)C2. The number of nitrogen functional groups attached to an aromatic ring is 1. The van der Waals surface area contributed by atoms with Gasteiger partial charge in [-0.3, -0.25) is 0 Å². The largest absolute Gasteiger partial charge is 0.383 e. The molecule has 1 aliphatic rings. The standard InChI is InChI=1S/C16H20FN3/c1-9-6-11(3)20-14(7-9)19-15(16(20)18)13-5-4-12(17)8-10(13)2/h4-5,8-9,11H,6-7,18H2,1-3H3. The summed E-state index contributed by atoms with van der Waals surface area (Å²) in [4.78, 5) is 4.73. The van der Waals surface area contributed by atoms with Gasteiger partial charge in [-0.05, 0) is 49.9 Å². The number of benzene rings is 1. The number of hydrogen-bond donors (Lipinski definition) is 1. The second kappa shape index (κ2) is 4.62. The molecule has 106 valence electrons. The lowest BCUT2D eigenvalue weighted by atomic mass is 9.95. The maximum atomic E-state index is 13.2. The Bertz CT molecular complexity index is 660. The van der Waals surface area contributed by atoms with Crippen LogP contribution in [-0.2, 0) is 6.42 Å². The Labute approximate surface area is 118 Å². The van der Waals surface area contributed by atoms with Gasteiger partial charge in [0.05, 0.1) is 0 Å². The highest BCUT2D eigenvalue weighted by atomic mass is 19.1. The molecule has 20 heavy (non-hydrogen) atoms. The molecule has 1 aromatic heterocycles. The van der Waals surface area contributed by atoms with E-state index in [0.717, 1.165) is 35.5 Å². The molecule has 2 aromatic rings. The molecule has 2 atom stereocenters. The maximum absolute atomic E-state index is 13.2. The van der Waals surface area contributed by atoms with Gasteiger partial charge >= 0.3 is 0 Å². The summed E-state index contributed by atoms with van der Waals surface area (Å²) in [7, 11) is 0. The zero-order valence-corrected chi connectivity index (χ0v) is 12.2. The predicted molar refractivity (Wildman–Crippen MR) is 79.0 cm³/mol. The molecule has 0 saturated carbocycles. The van der Waals surface area contributed by atoms with Gasteiger partial charge < -0.3 is 10.3 Å². The Morgan fingerprint density at radius 3 is 2.80 bits per heavy atom. The van der Waals surface area contributed by atoms with Gasteiger partial charge in [-0.2, -0.15) is 0 Å². The average molecular weight is 273 g/mol. The van der Waals surface area contributed by atoms with Crippen LogP contribution in [0.2, 0.25) is 0 Å². The van der Waals surface area contributed by atoms with E-state index in [1.165, 1.54) is 12.1 Å². The summed E-state index contributed by atoms with van der Waals surface area (Å²) in [6, 6.07) is 5.13. The first kappa shape index (κ1) is 13.2. The topological polar surface area (TPSA) is 43.8 Å². The van der Waals surface area contributed by atoms with Gasteiger partial charge in [-0.15, -0.1) is 0 Å². The van der Waals surface area contributed by atoms with Crippen molar-refractivity contribution >= 4 is 5.82 Å². The summed E-state index contributed by atoms with van der Waals surface area (Å²) in [5.41, 5.74) is 8.89. The van der Waals surface area contributed by atoms with E-state index >= 15 is 0 Å². The van der Waals surface area contributed by atoms with E-state index < -0.39 is 0 Å². The molecule has 0 aliphatic carbocycles. The first-order chi connectivity index (χ1) is 9.47. The molecule has 0 saturated heterocycles. The summed E-state index contributed by atoms with van der Waals surface area (Å²) in [5.74, 6) is 2.15. The van der Waals surface area contributed by atoms with Gasteiger partial charge in [0.2, 0.25) is 0 Å². The van der Waals surface area contributed by atoms with Crippen LogP contribution in [0.1, 0.15) is 37.7 Å². The lowest BCUT2D eigenvalue weighted by Crippen LogP contribution is -2.22. The first-order valence-electron chi connectivity index (χ1n) is 7.10. The Morgan fingerprint density at radius 2 is 2.10 bits per heavy atom. The highest BCUT2D eigenvalue weighted by molar-refractivity contribution is 5.73. The van der Waals surface area contributed by atoms with Crippen molar-refractivity contribution in [3.8, 4) is 11.3 Å². The van der Waals surface area contributed by atoms with Gasteiger partial charge in [0.15, 0.2) is 0 Å². The predicted octanol–water partition coefficient (Wildman–Crippen LogP) is 3.72. The fraction of sp³-hybridized carbons (Fsp3) is 0.438. The normalized spacial score (nSPS) is 21.8. The molecule has 0 fully saturated rings. The molecule has 4 heteroatoms. The molecule has 2 heterocycles. The van der Waals surface area contributed by atoms with Crippen molar-refractivity contribution in [1.82, 2.24) is 9.55 Å².